The number of rotatable bonds is 9. The Morgan fingerprint density at radius 1 is 1.05 bits per heavy atom. The van der Waals surface area contributed by atoms with Crippen molar-refractivity contribution in [2.75, 3.05) is 18.4 Å². The standard InChI is InChI=1S/C24H25N5O6S2/c25-23(30)16-3-1-5-19(13-16)27-18-9-11-28(12-10-18)37(34,35)22-8-7-21(36-22)15-26-24(31)17-4-2-6-20(14-17)29(32)33/h1-8,13-14,18,27H,9-12,15H2,(H2,25,30)(H,26,31). The molecular weight excluding hydrogens is 518 g/mol. The summed E-state index contributed by atoms with van der Waals surface area (Å²) >= 11 is 1.07. The number of sulfonamides is 1. The Hall–Kier alpha value is -3.81. The molecule has 194 valence electrons. The largest absolute Gasteiger partial charge is 0.382 e. The van der Waals surface area contributed by atoms with Gasteiger partial charge in [0.1, 0.15) is 4.21 Å². The third-order valence-corrected chi connectivity index (χ3v) is 9.40. The Morgan fingerprint density at radius 3 is 2.46 bits per heavy atom. The molecule has 1 aliphatic rings. The van der Waals surface area contributed by atoms with Gasteiger partial charge in [-0.05, 0) is 49.2 Å². The van der Waals surface area contributed by atoms with Crippen LogP contribution in [0.5, 0.6) is 0 Å². The molecule has 3 aromatic rings. The molecule has 1 fully saturated rings. The molecule has 1 saturated heterocycles. The molecule has 0 spiro atoms. The number of carbonyl (C=O) groups excluding carboxylic acids is 2. The van der Waals surface area contributed by atoms with E-state index in [0.29, 0.717) is 36.4 Å². The lowest BCUT2D eigenvalue weighted by Gasteiger charge is -2.31. The van der Waals surface area contributed by atoms with E-state index in [-0.39, 0.29) is 28.0 Å². The maximum Gasteiger partial charge on any atom is 0.270 e. The van der Waals surface area contributed by atoms with E-state index in [1.807, 2.05) is 6.07 Å². The van der Waals surface area contributed by atoms with Crippen molar-refractivity contribution >= 4 is 44.5 Å². The van der Waals surface area contributed by atoms with Crippen LogP contribution in [-0.2, 0) is 16.6 Å². The van der Waals surface area contributed by atoms with Crippen LogP contribution in [0.2, 0.25) is 0 Å². The Labute approximate surface area is 217 Å². The van der Waals surface area contributed by atoms with E-state index in [4.69, 9.17) is 5.73 Å². The van der Waals surface area contributed by atoms with Crippen molar-refractivity contribution in [1.82, 2.24) is 9.62 Å². The first-order chi connectivity index (χ1) is 17.6. The molecule has 37 heavy (non-hydrogen) atoms. The van der Waals surface area contributed by atoms with Crippen LogP contribution in [0.3, 0.4) is 0 Å². The van der Waals surface area contributed by atoms with Gasteiger partial charge in [-0.15, -0.1) is 11.3 Å². The van der Waals surface area contributed by atoms with Crippen molar-refractivity contribution in [2.45, 2.75) is 29.6 Å². The second kappa shape index (κ2) is 11.1. The minimum absolute atomic E-state index is 0.0532. The molecule has 4 rings (SSSR count). The summed E-state index contributed by atoms with van der Waals surface area (Å²) in [6.45, 7) is 0.774. The maximum absolute atomic E-state index is 13.2. The molecule has 0 radical (unpaired) electrons. The van der Waals surface area contributed by atoms with Crippen LogP contribution in [0.25, 0.3) is 0 Å². The number of amides is 2. The summed E-state index contributed by atoms with van der Waals surface area (Å²) in [4.78, 5) is 34.7. The van der Waals surface area contributed by atoms with Crippen molar-refractivity contribution in [2.24, 2.45) is 5.73 Å². The Balaban J connectivity index is 1.32. The summed E-state index contributed by atoms with van der Waals surface area (Å²) in [5.41, 5.74) is 6.46. The zero-order valence-corrected chi connectivity index (χ0v) is 21.3. The molecule has 0 bridgehead atoms. The van der Waals surface area contributed by atoms with Crippen molar-refractivity contribution in [1.29, 1.82) is 0 Å². The van der Waals surface area contributed by atoms with Crippen molar-refractivity contribution in [3.8, 4) is 0 Å². The van der Waals surface area contributed by atoms with Crippen LogP contribution in [0.1, 0.15) is 38.4 Å². The van der Waals surface area contributed by atoms with Gasteiger partial charge in [0.25, 0.3) is 21.6 Å². The molecular formula is C24H25N5O6S2. The molecule has 2 heterocycles. The number of nitrogens with two attached hydrogens (primary N) is 1. The second-order valence-electron chi connectivity index (χ2n) is 8.48. The number of non-ortho nitro benzene ring substituents is 1. The highest BCUT2D eigenvalue weighted by Gasteiger charge is 2.30. The lowest BCUT2D eigenvalue weighted by molar-refractivity contribution is -0.384. The van der Waals surface area contributed by atoms with Gasteiger partial charge in [0.2, 0.25) is 5.91 Å². The van der Waals surface area contributed by atoms with Crippen LogP contribution in [0.4, 0.5) is 11.4 Å². The van der Waals surface area contributed by atoms with Crippen LogP contribution in [0.15, 0.2) is 64.9 Å². The van der Waals surface area contributed by atoms with Crippen molar-refractivity contribution in [3.63, 3.8) is 0 Å². The first-order valence-corrected chi connectivity index (χ1v) is 13.7. The number of benzene rings is 2. The number of nitrogens with one attached hydrogen (secondary N) is 2. The summed E-state index contributed by atoms with van der Waals surface area (Å²) in [6, 6.07) is 15.5. The van der Waals surface area contributed by atoms with Gasteiger partial charge in [0.05, 0.1) is 11.5 Å². The van der Waals surface area contributed by atoms with E-state index in [2.05, 4.69) is 10.6 Å². The number of primary amides is 1. The van der Waals surface area contributed by atoms with Gasteiger partial charge in [-0.1, -0.05) is 12.1 Å². The molecule has 0 saturated carbocycles. The summed E-state index contributed by atoms with van der Waals surface area (Å²) < 4.78 is 28.0. The highest BCUT2D eigenvalue weighted by molar-refractivity contribution is 7.91. The summed E-state index contributed by atoms with van der Waals surface area (Å²) in [7, 11) is -3.69. The first-order valence-electron chi connectivity index (χ1n) is 11.4. The maximum atomic E-state index is 13.2. The number of nitro groups is 1. The lowest BCUT2D eigenvalue weighted by atomic mass is 10.1. The number of piperidine rings is 1. The van der Waals surface area contributed by atoms with E-state index in [1.165, 1.54) is 34.6 Å². The molecule has 11 nitrogen and oxygen atoms in total. The first kappa shape index (κ1) is 26.3. The molecule has 1 aromatic heterocycles. The Bertz CT molecular complexity index is 1430. The number of carbonyl (C=O) groups is 2. The molecule has 2 amide bonds. The number of nitrogens with zero attached hydrogens (tertiary/aromatic N) is 2. The average molecular weight is 544 g/mol. The number of nitro benzene ring substituents is 1. The van der Waals surface area contributed by atoms with Gasteiger partial charge in [0, 0.05) is 53.0 Å². The molecule has 4 N–H and O–H groups in total. The number of hydrogen-bond acceptors (Lipinski definition) is 8. The monoisotopic (exact) mass is 543 g/mol. The minimum atomic E-state index is -3.69. The van der Waals surface area contributed by atoms with Gasteiger partial charge in [0.15, 0.2) is 0 Å². The van der Waals surface area contributed by atoms with Gasteiger partial charge >= 0.3 is 0 Å². The van der Waals surface area contributed by atoms with Gasteiger partial charge < -0.3 is 16.4 Å². The highest BCUT2D eigenvalue weighted by Crippen LogP contribution is 2.28. The lowest BCUT2D eigenvalue weighted by Crippen LogP contribution is -2.42. The molecule has 1 aliphatic heterocycles. The average Bonchev–Trinajstić information content (AvgIpc) is 3.38. The summed E-state index contributed by atoms with van der Waals surface area (Å²) in [6.07, 6.45) is 1.19. The SMILES string of the molecule is NC(=O)c1cccc(NC2CCN(S(=O)(=O)c3ccc(CNC(=O)c4cccc([N+](=O)[O-])c4)s3)CC2)c1. The number of hydrogen-bond donors (Lipinski definition) is 3. The molecule has 2 aromatic carbocycles. The third kappa shape index (κ3) is 6.31. The number of anilines is 1. The van der Waals surface area contributed by atoms with Gasteiger partial charge in [-0.3, -0.25) is 19.7 Å². The van der Waals surface area contributed by atoms with E-state index < -0.39 is 26.8 Å². The smallest absolute Gasteiger partial charge is 0.270 e. The van der Waals surface area contributed by atoms with E-state index in [9.17, 15) is 28.1 Å². The predicted octanol–water partition coefficient (Wildman–Crippen LogP) is 2.95. The van der Waals surface area contributed by atoms with Crippen LogP contribution in [0, 0.1) is 10.1 Å². The Morgan fingerprint density at radius 2 is 1.76 bits per heavy atom. The van der Waals surface area contributed by atoms with E-state index in [1.54, 1.807) is 24.3 Å². The molecule has 0 unspecified atom stereocenters. The van der Waals surface area contributed by atoms with Crippen molar-refractivity contribution < 1.29 is 22.9 Å². The van der Waals surface area contributed by atoms with Crippen molar-refractivity contribution in [3.05, 3.63) is 86.8 Å². The summed E-state index contributed by atoms with van der Waals surface area (Å²) in [5.74, 6) is -0.999. The van der Waals surface area contributed by atoms with Crippen LogP contribution >= 0.6 is 11.3 Å². The van der Waals surface area contributed by atoms with E-state index >= 15 is 0 Å². The Kier molecular flexibility index (Phi) is 7.86. The normalized spacial score (nSPS) is 14.7. The quantitative estimate of drug-likeness (QED) is 0.276. The highest BCUT2D eigenvalue weighted by atomic mass is 32.2. The fourth-order valence-electron chi connectivity index (χ4n) is 3.99. The molecule has 13 heteroatoms. The third-order valence-electron chi connectivity index (χ3n) is 5.95. The fraction of sp³-hybridized carbons (Fsp3) is 0.250. The van der Waals surface area contributed by atoms with Gasteiger partial charge in [-0.25, -0.2) is 8.42 Å². The fourth-order valence-corrected chi connectivity index (χ4v) is 6.91. The minimum Gasteiger partial charge on any atom is -0.382 e. The van der Waals surface area contributed by atoms with Crippen LogP contribution in [-0.4, -0.2) is 48.6 Å². The number of thiophene rings is 1. The summed E-state index contributed by atoms with van der Waals surface area (Å²) in [5, 5.41) is 16.9. The zero-order chi connectivity index (χ0) is 26.6. The van der Waals surface area contributed by atoms with Gasteiger partial charge in [-0.2, -0.15) is 4.31 Å². The van der Waals surface area contributed by atoms with Crippen LogP contribution < -0.4 is 16.4 Å². The molecule has 0 aliphatic carbocycles. The molecule has 0 atom stereocenters. The second-order valence-corrected chi connectivity index (χ2v) is 11.8. The topological polar surface area (TPSA) is 165 Å². The van der Waals surface area contributed by atoms with E-state index in [0.717, 1.165) is 17.0 Å². The predicted molar refractivity (Wildman–Crippen MR) is 139 cm³/mol. The zero-order valence-electron chi connectivity index (χ0n) is 19.6.